The highest BCUT2D eigenvalue weighted by atomic mass is 16.1. The van der Waals surface area contributed by atoms with E-state index in [-0.39, 0.29) is 11.8 Å². The van der Waals surface area contributed by atoms with Crippen LogP contribution in [0.4, 0.5) is 11.4 Å². The summed E-state index contributed by atoms with van der Waals surface area (Å²) in [7, 11) is 2.08. The van der Waals surface area contributed by atoms with Gasteiger partial charge in [0.2, 0.25) is 5.91 Å². The van der Waals surface area contributed by atoms with Crippen LogP contribution in [0, 0.1) is 17.8 Å². The van der Waals surface area contributed by atoms with E-state index in [0.717, 1.165) is 24.2 Å². The van der Waals surface area contributed by atoms with Gasteiger partial charge in [0, 0.05) is 36.4 Å². The fourth-order valence-corrected chi connectivity index (χ4v) is 4.35. The second kappa shape index (κ2) is 7.14. The van der Waals surface area contributed by atoms with Crippen molar-refractivity contribution in [3.8, 4) is 0 Å². The summed E-state index contributed by atoms with van der Waals surface area (Å²) in [5.74, 6) is 1.35. The minimum absolute atomic E-state index is 0.117. The monoisotopic (exact) mass is 329 g/mol. The van der Waals surface area contributed by atoms with E-state index in [0.29, 0.717) is 23.9 Å². The molecule has 0 radical (unpaired) electrons. The van der Waals surface area contributed by atoms with Gasteiger partial charge in [0.05, 0.1) is 0 Å². The zero-order valence-corrected chi connectivity index (χ0v) is 15.2. The molecule has 2 aliphatic rings. The first-order valence-electron chi connectivity index (χ1n) is 9.35. The van der Waals surface area contributed by atoms with Gasteiger partial charge in [-0.05, 0) is 69.6 Å². The van der Waals surface area contributed by atoms with Gasteiger partial charge in [-0.15, -0.1) is 0 Å². The molecule has 3 rings (SSSR count). The van der Waals surface area contributed by atoms with E-state index in [2.05, 4.69) is 43.2 Å². The van der Waals surface area contributed by atoms with Gasteiger partial charge in [0.25, 0.3) is 0 Å². The van der Waals surface area contributed by atoms with Crippen LogP contribution in [0.2, 0.25) is 0 Å². The standard InChI is InChI=1S/C20H31N3O/c1-13(2)23(3)18-9-5-8-17(12-18)22-20(24)16-10-14-6-4-7-15(11-16)19(14)21/h5,8-9,12-16,19H,4,6-7,10-11,21H2,1-3H3,(H,22,24). The van der Waals surface area contributed by atoms with Crippen LogP contribution < -0.4 is 16.0 Å². The van der Waals surface area contributed by atoms with Gasteiger partial charge < -0.3 is 16.0 Å². The highest BCUT2D eigenvalue weighted by Gasteiger charge is 2.40. The minimum Gasteiger partial charge on any atom is -0.372 e. The molecule has 1 aromatic carbocycles. The topological polar surface area (TPSA) is 58.4 Å². The van der Waals surface area contributed by atoms with Crippen molar-refractivity contribution in [2.75, 3.05) is 17.3 Å². The summed E-state index contributed by atoms with van der Waals surface area (Å²) >= 11 is 0. The lowest BCUT2D eigenvalue weighted by Crippen LogP contribution is -2.48. The SMILES string of the molecule is CC(C)N(C)c1cccc(NC(=O)C2CC3CCCC(C2)C3N)c1. The molecular formula is C20H31N3O. The van der Waals surface area contributed by atoms with Crippen molar-refractivity contribution < 1.29 is 4.79 Å². The second-order valence-electron chi connectivity index (χ2n) is 7.94. The summed E-state index contributed by atoms with van der Waals surface area (Å²) in [4.78, 5) is 15.0. The third kappa shape index (κ3) is 3.59. The summed E-state index contributed by atoms with van der Waals surface area (Å²) < 4.78 is 0. The fraction of sp³-hybridized carbons (Fsp3) is 0.650. The van der Waals surface area contributed by atoms with Crippen LogP contribution in [0.15, 0.2) is 24.3 Å². The molecule has 0 heterocycles. The van der Waals surface area contributed by atoms with Crippen molar-refractivity contribution in [3.05, 3.63) is 24.3 Å². The molecule has 2 atom stereocenters. The first-order valence-corrected chi connectivity index (χ1v) is 9.35. The molecule has 4 heteroatoms. The van der Waals surface area contributed by atoms with Gasteiger partial charge in [-0.3, -0.25) is 4.79 Å². The molecule has 2 saturated carbocycles. The summed E-state index contributed by atoms with van der Waals surface area (Å²) in [6.07, 6.45) is 5.57. The summed E-state index contributed by atoms with van der Waals surface area (Å²) in [5.41, 5.74) is 8.37. The molecule has 132 valence electrons. The van der Waals surface area contributed by atoms with Crippen LogP contribution in [0.5, 0.6) is 0 Å². The molecule has 0 saturated heterocycles. The minimum atomic E-state index is 0.117. The van der Waals surface area contributed by atoms with Gasteiger partial charge in [-0.2, -0.15) is 0 Å². The fourth-order valence-electron chi connectivity index (χ4n) is 4.35. The van der Waals surface area contributed by atoms with Crippen molar-refractivity contribution in [2.45, 2.75) is 58.0 Å². The number of rotatable bonds is 4. The third-order valence-electron chi connectivity index (χ3n) is 6.08. The predicted molar refractivity (Wildman–Crippen MR) is 100 cm³/mol. The zero-order chi connectivity index (χ0) is 17.3. The van der Waals surface area contributed by atoms with Gasteiger partial charge >= 0.3 is 0 Å². The number of carbonyl (C=O) groups excluding carboxylic acids is 1. The lowest BCUT2D eigenvalue weighted by molar-refractivity contribution is -0.122. The summed E-state index contributed by atoms with van der Waals surface area (Å²) in [6, 6.07) is 8.87. The molecule has 1 amide bonds. The molecule has 2 aliphatic carbocycles. The summed E-state index contributed by atoms with van der Waals surface area (Å²) in [5, 5.41) is 3.14. The number of nitrogens with one attached hydrogen (secondary N) is 1. The molecule has 2 fully saturated rings. The zero-order valence-electron chi connectivity index (χ0n) is 15.2. The second-order valence-corrected chi connectivity index (χ2v) is 7.94. The Morgan fingerprint density at radius 3 is 2.54 bits per heavy atom. The largest absolute Gasteiger partial charge is 0.372 e. The van der Waals surface area contributed by atoms with Crippen LogP contribution in [0.3, 0.4) is 0 Å². The number of hydrogen-bond donors (Lipinski definition) is 2. The molecule has 4 nitrogen and oxygen atoms in total. The van der Waals surface area contributed by atoms with E-state index >= 15 is 0 Å². The lowest BCUT2D eigenvalue weighted by atomic mass is 9.65. The third-order valence-corrected chi connectivity index (χ3v) is 6.08. The Hall–Kier alpha value is -1.55. The van der Waals surface area contributed by atoms with Gasteiger partial charge in [0.15, 0.2) is 0 Å². The maximum atomic E-state index is 12.8. The van der Waals surface area contributed by atoms with Gasteiger partial charge in [-0.25, -0.2) is 0 Å². The average molecular weight is 329 g/mol. The first-order chi connectivity index (χ1) is 11.5. The Kier molecular flexibility index (Phi) is 5.14. The average Bonchev–Trinajstić information content (AvgIpc) is 2.54. The number of fused-ring (bicyclic) bond motifs is 2. The van der Waals surface area contributed by atoms with Crippen molar-refractivity contribution in [2.24, 2.45) is 23.5 Å². The number of carbonyl (C=O) groups is 1. The maximum absolute atomic E-state index is 12.8. The van der Waals surface area contributed by atoms with Crippen LogP contribution in [0.1, 0.15) is 46.0 Å². The molecule has 0 spiro atoms. The Morgan fingerprint density at radius 1 is 1.25 bits per heavy atom. The van der Waals surface area contributed by atoms with Crippen LogP contribution in [-0.2, 0) is 4.79 Å². The number of anilines is 2. The van der Waals surface area contributed by atoms with E-state index < -0.39 is 0 Å². The lowest BCUT2D eigenvalue weighted by Gasteiger charge is -2.43. The number of hydrogen-bond acceptors (Lipinski definition) is 3. The number of amides is 1. The Labute approximate surface area is 145 Å². The summed E-state index contributed by atoms with van der Waals surface area (Å²) in [6.45, 7) is 4.32. The van der Waals surface area contributed by atoms with E-state index in [9.17, 15) is 4.79 Å². The Morgan fingerprint density at radius 2 is 1.92 bits per heavy atom. The number of nitrogens with zero attached hydrogens (tertiary/aromatic N) is 1. The molecule has 24 heavy (non-hydrogen) atoms. The number of benzene rings is 1. The van der Waals surface area contributed by atoms with Gasteiger partial charge in [-0.1, -0.05) is 12.5 Å². The molecule has 2 bridgehead atoms. The van der Waals surface area contributed by atoms with E-state index in [1.165, 1.54) is 19.3 Å². The highest BCUT2D eigenvalue weighted by molar-refractivity contribution is 5.93. The van der Waals surface area contributed by atoms with Crippen LogP contribution in [0.25, 0.3) is 0 Å². The first kappa shape index (κ1) is 17.3. The van der Waals surface area contributed by atoms with E-state index in [1.807, 2.05) is 12.1 Å². The molecule has 0 aliphatic heterocycles. The predicted octanol–water partition coefficient (Wildman–Crippen LogP) is 3.62. The van der Waals surface area contributed by atoms with Gasteiger partial charge in [0.1, 0.15) is 0 Å². The van der Waals surface area contributed by atoms with Crippen LogP contribution >= 0.6 is 0 Å². The highest BCUT2D eigenvalue weighted by Crippen LogP contribution is 2.42. The molecular weight excluding hydrogens is 298 g/mol. The van der Waals surface area contributed by atoms with Crippen molar-refractivity contribution in [1.29, 1.82) is 0 Å². The smallest absolute Gasteiger partial charge is 0.227 e. The molecule has 0 aromatic heterocycles. The molecule has 2 unspecified atom stereocenters. The van der Waals surface area contributed by atoms with Crippen molar-refractivity contribution in [1.82, 2.24) is 0 Å². The van der Waals surface area contributed by atoms with E-state index in [1.54, 1.807) is 0 Å². The molecule has 1 aromatic rings. The van der Waals surface area contributed by atoms with Crippen LogP contribution in [-0.4, -0.2) is 25.0 Å². The van der Waals surface area contributed by atoms with E-state index in [4.69, 9.17) is 5.73 Å². The normalized spacial score (nSPS) is 29.4. The number of nitrogens with two attached hydrogens (primary N) is 1. The Bertz CT molecular complexity index is 572. The maximum Gasteiger partial charge on any atom is 0.227 e. The quantitative estimate of drug-likeness (QED) is 0.887. The van der Waals surface area contributed by atoms with Crippen molar-refractivity contribution in [3.63, 3.8) is 0 Å². The molecule has 3 N–H and O–H groups in total. The van der Waals surface area contributed by atoms with Crippen molar-refractivity contribution >= 4 is 17.3 Å². The Balaban J connectivity index is 1.66.